The number of ether oxygens (including phenoxy) is 2. The number of halogens is 1. The molecular formula is C14H17ClO5S. The van der Waals surface area contributed by atoms with Crippen molar-refractivity contribution in [1.82, 2.24) is 0 Å². The van der Waals surface area contributed by atoms with E-state index in [1.165, 1.54) is 18.2 Å². The summed E-state index contributed by atoms with van der Waals surface area (Å²) < 4.78 is 33.3. The van der Waals surface area contributed by atoms with Crippen LogP contribution in [0.25, 0.3) is 0 Å². The largest absolute Gasteiger partial charge is 0.459 e. The molecule has 0 bridgehead atoms. The number of aryl methyl sites for hydroxylation is 1. The minimum Gasteiger partial charge on any atom is -0.459 e. The molecule has 1 fully saturated rings. The highest BCUT2D eigenvalue weighted by Gasteiger charge is 2.20. The molecule has 1 saturated heterocycles. The summed E-state index contributed by atoms with van der Waals surface area (Å²) in [6, 6.07) is 4.13. The Kier molecular flexibility index (Phi) is 5.24. The summed E-state index contributed by atoms with van der Waals surface area (Å²) in [5.41, 5.74) is 0.834. The normalized spacial score (nSPS) is 19.2. The Morgan fingerprint density at radius 2 is 2.19 bits per heavy atom. The van der Waals surface area contributed by atoms with Crippen molar-refractivity contribution in [3.8, 4) is 0 Å². The predicted molar refractivity (Wildman–Crippen MR) is 78.1 cm³/mol. The van der Waals surface area contributed by atoms with E-state index in [-0.39, 0.29) is 23.2 Å². The molecule has 7 heteroatoms. The highest BCUT2D eigenvalue weighted by molar-refractivity contribution is 8.13. The maximum absolute atomic E-state index is 12.1. The molecule has 0 amide bonds. The van der Waals surface area contributed by atoms with Crippen LogP contribution in [0, 0.1) is 6.92 Å². The Labute approximate surface area is 128 Å². The molecule has 1 aromatic rings. The van der Waals surface area contributed by atoms with Crippen LogP contribution < -0.4 is 0 Å². The molecule has 1 atom stereocenters. The van der Waals surface area contributed by atoms with E-state index in [0.717, 1.165) is 19.3 Å². The highest BCUT2D eigenvalue weighted by atomic mass is 35.7. The fourth-order valence-corrected chi connectivity index (χ4v) is 2.94. The van der Waals surface area contributed by atoms with E-state index in [1.54, 1.807) is 6.92 Å². The molecule has 1 heterocycles. The first-order chi connectivity index (χ1) is 9.88. The maximum atomic E-state index is 12.1. The number of benzene rings is 1. The van der Waals surface area contributed by atoms with Gasteiger partial charge in [-0.3, -0.25) is 0 Å². The minimum absolute atomic E-state index is 0.0806. The van der Waals surface area contributed by atoms with Crippen molar-refractivity contribution in [2.45, 2.75) is 37.2 Å². The van der Waals surface area contributed by atoms with E-state index in [1.807, 2.05) is 0 Å². The van der Waals surface area contributed by atoms with Gasteiger partial charge in [0.2, 0.25) is 0 Å². The molecule has 0 aromatic heterocycles. The third kappa shape index (κ3) is 4.43. The predicted octanol–water partition coefficient (Wildman–Crippen LogP) is 2.65. The van der Waals surface area contributed by atoms with Gasteiger partial charge >= 0.3 is 5.97 Å². The lowest BCUT2D eigenvalue weighted by atomic mass is 10.1. The fourth-order valence-electron chi connectivity index (χ4n) is 2.16. The van der Waals surface area contributed by atoms with E-state index >= 15 is 0 Å². The summed E-state index contributed by atoms with van der Waals surface area (Å²) in [6.45, 7) is 2.57. The first kappa shape index (κ1) is 16.3. The monoisotopic (exact) mass is 332 g/mol. The first-order valence-electron chi connectivity index (χ1n) is 6.72. The lowest BCUT2D eigenvalue weighted by Gasteiger charge is -2.22. The second-order valence-corrected chi connectivity index (χ2v) is 7.57. The number of hydrogen-bond acceptors (Lipinski definition) is 5. The van der Waals surface area contributed by atoms with E-state index in [2.05, 4.69) is 0 Å². The lowest BCUT2D eigenvalue weighted by Crippen LogP contribution is -2.26. The second-order valence-electron chi connectivity index (χ2n) is 5.00. The molecule has 0 spiro atoms. The maximum Gasteiger partial charge on any atom is 0.338 e. The molecule has 2 rings (SSSR count). The van der Waals surface area contributed by atoms with Crippen molar-refractivity contribution in [3.05, 3.63) is 29.3 Å². The van der Waals surface area contributed by atoms with Gasteiger partial charge < -0.3 is 9.47 Å². The van der Waals surface area contributed by atoms with Crippen molar-refractivity contribution >= 4 is 25.7 Å². The van der Waals surface area contributed by atoms with E-state index in [0.29, 0.717) is 12.2 Å². The van der Waals surface area contributed by atoms with E-state index in [4.69, 9.17) is 20.2 Å². The van der Waals surface area contributed by atoms with Crippen LogP contribution in [0.15, 0.2) is 23.1 Å². The Morgan fingerprint density at radius 1 is 1.43 bits per heavy atom. The summed E-state index contributed by atoms with van der Waals surface area (Å²) in [5.74, 6) is -0.566. The quantitative estimate of drug-likeness (QED) is 0.626. The van der Waals surface area contributed by atoms with Gasteiger partial charge in [0.25, 0.3) is 9.05 Å². The van der Waals surface area contributed by atoms with Crippen LogP contribution in [0.2, 0.25) is 0 Å². The van der Waals surface area contributed by atoms with Crippen molar-refractivity contribution in [2.24, 2.45) is 0 Å². The fraction of sp³-hybridized carbons (Fsp3) is 0.500. The Hall–Kier alpha value is -1.11. The molecular weight excluding hydrogens is 316 g/mol. The molecule has 116 valence electrons. The Morgan fingerprint density at radius 3 is 2.81 bits per heavy atom. The average Bonchev–Trinajstić information content (AvgIpc) is 2.45. The molecule has 0 N–H and O–H groups in total. The van der Waals surface area contributed by atoms with Gasteiger partial charge in [0, 0.05) is 17.3 Å². The van der Waals surface area contributed by atoms with Crippen LogP contribution in [-0.4, -0.2) is 33.7 Å². The number of esters is 1. The second kappa shape index (κ2) is 6.77. The topological polar surface area (TPSA) is 69.7 Å². The van der Waals surface area contributed by atoms with Crippen molar-refractivity contribution in [3.63, 3.8) is 0 Å². The lowest BCUT2D eigenvalue weighted by molar-refractivity contribution is -0.0300. The summed E-state index contributed by atoms with van der Waals surface area (Å²) in [6.07, 6.45) is 2.87. The molecule has 0 saturated carbocycles. The molecule has 1 aliphatic heterocycles. The van der Waals surface area contributed by atoms with Crippen LogP contribution in [0.1, 0.15) is 35.2 Å². The zero-order valence-corrected chi connectivity index (χ0v) is 13.2. The van der Waals surface area contributed by atoms with Gasteiger partial charge in [0.1, 0.15) is 6.61 Å². The summed E-state index contributed by atoms with van der Waals surface area (Å²) >= 11 is 0. The summed E-state index contributed by atoms with van der Waals surface area (Å²) in [7, 11) is 1.42. The smallest absolute Gasteiger partial charge is 0.338 e. The number of carbonyl (C=O) groups is 1. The van der Waals surface area contributed by atoms with Gasteiger partial charge in [0.05, 0.1) is 16.6 Å². The first-order valence-corrected chi connectivity index (χ1v) is 9.03. The molecule has 1 aliphatic rings. The molecule has 21 heavy (non-hydrogen) atoms. The van der Waals surface area contributed by atoms with Crippen LogP contribution >= 0.6 is 10.7 Å². The van der Waals surface area contributed by atoms with Crippen LogP contribution in [0.5, 0.6) is 0 Å². The van der Waals surface area contributed by atoms with Gasteiger partial charge in [-0.25, -0.2) is 13.2 Å². The summed E-state index contributed by atoms with van der Waals surface area (Å²) in [4.78, 5) is 12.0. The average molecular weight is 333 g/mol. The van der Waals surface area contributed by atoms with Crippen molar-refractivity contribution < 1.29 is 22.7 Å². The molecule has 1 aromatic carbocycles. The zero-order chi connectivity index (χ0) is 15.5. The third-order valence-electron chi connectivity index (χ3n) is 3.38. The number of hydrogen-bond donors (Lipinski definition) is 0. The molecule has 1 unspecified atom stereocenters. The Balaban J connectivity index is 2.07. The van der Waals surface area contributed by atoms with Gasteiger partial charge in [-0.2, -0.15) is 0 Å². The zero-order valence-electron chi connectivity index (χ0n) is 11.7. The molecule has 0 aliphatic carbocycles. The van der Waals surface area contributed by atoms with Crippen LogP contribution in [-0.2, 0) is 18.5 Å². The van der Waals surface area contributed by atoms with E-state index < -0.39 is 15.0 Å². The van der Waals surface area contributed by atoms with Gasteiger partial charge in [0.15, 0.2) is 0 Å². The molecule has 0 radical (unpaired) electrons. The third-order valence-corrected chi connectivity index (χ3v) is 4.74. The number of carbonyl (C=O) groups excluding carboxylic acids is 1. The molecule has 5 nitrogen and oxygen atoms in total. The summed E-state index contributed by atoms with van der Waals surface area (Å²) in [5, 5.41) is 0. The van der Waals surface area contributed by atoms with Crippen LogP contribution in [0.3, 0.4) is 0 Å². The van der Waals surface area contributed by atoms with E-state index in [9.17, 15) is 13.2 Å². The van der Waals surface area contributed by atoms with Crippen LogP contribution in [0.4, 0.5) is 0 Å². The SMILES string of the molecule is Cc1ccc(S(=O)(=O)Cl)cc1C(=O)OCC1CCCCO1. The standard InChI is InChI=1S/C14H17ClO5S/c1-10-5-6-12(21(15,17)18)8-13(10)14(16)20-9-11-4-2-3-7-19-11/h5-6,8,11H,2-4,7,9H2,1H3. The van der Waals surface area contributed by atoms with Gasteiger partial charge in [-0.1, -0.05) is 6.07 Å². The number of rotatable bonds is 4. The Bertz CT molecular complexity index is 620. The van der Waals surface area contributed by atoms with Crippen molar-refractivity contribution in [1.29, 1.82) is 0 Å². The van der Waals surface area contributed by atoms with Gasteiger partial charge in [-0.15, -0.1) is 0 Å². The van der Waals surface area contributed by atoms with Crippen molar-refractivity contribution in [2.75, 3.05) is 13.2 Å². The minimum atomic E-state index is -3.87. The highest BCUT2D eigenvalue weighted by Crippen LogP contribution is 2.20. The van der Waals surface area contributed by atoms with Gasteiger partial charge in [-0.05, 0) is 43.9 Å².